The van der Waals surface area contributed by atoms with Gasteiger partial charge in [-0.3, -0.25) is 9.63 Å². The van der Waals surface area contributed by atoms with Crippen molar-refractivity contribution in [3.63, 3.8) is 0 Å². The van der Waals surface area contributed by atoms with E-state index in [1.807, 2.05) is 0 Å². The smallest absolute Gasteiger partial charge is 0.314 e. The normalized spacial score (nSPS) is 11.5. The molecule has 8 heteroatoms. The van der Waals surface area contributed by atoms with Crippen LogP contribution in [0.25, 0.3) is 5.69 Å². The lowest BCUT2D eigenvalue weighted by molar-refractivity contribution is -0.0525. The third-order valence-corrected chi connectivity index (χ3v) is 2.63. The van der Waals surface area contributed by atoms with Crippen LogP contribution in [0.5, 0.6) is 0 Å². The molecule has 0 unspecified atom stereocenters. The number of hydrogen-bond donors (Lipinski definition) is 2. The highest BCUT2D eigenvalue weighted by molar-refractivity contribution is 5.89. The second-order valence-electron chi connectivity index (χ2n) is 5.40. The molecule has 0 aliphatic rings. The minimum atomic E-state index is -1.07. The van der Waals surface area contributed by atoms with Crippen LogP contribution in [0.1, 0.15) is 30.3 Å². The van der Waals surface area contributed by atoms with Crippen molar-refractivity contribution in [3.8, 4) is 5.69 Å². The number of aryl methyl sites for hydroxylation is 1. The van der Waals surface area contributed by atoms with Crippen LogP contribution in [0.2, 0.25) is 0 Å². The minimum absolute atomic E-state index is 0.0730. The Labute approximate surface area is 126 Å². The second-order valence-corrected chi connectivity index (χ2v) is 5.40. The zero-order valence-corrected chi connectivity index (χ0v) is 12.5. The molecule has 7 nitrogen and oxygen atoms in total. The number of nitrogens with zero attached hydrogens (tertiary/aromatic N) is 3. The molecule has 0 atom stereocenters. The average Bonchev–Trinajstić information content (AvgIpc) is 2.80. The molecule has 118 valence electrons. The second kappa shape index (κ2) is 6.20. The fraction of sp³-hybridized carbons (Fsp3) is 0.357. The van der Waals surface area contributed by atoms with E-state index < -0.39 is 11.5 Å². The van der Waals surface area contributed by atoms with Crippen LogP contribution in [0.15, 0.2) is 24.3 Å². The zero-order chi connectivity index (χ0) is 16.3. The van der Waals surface area contributed by atoms with Crippen molar-refractivity contribution in [3.05, 3.63) is 41.7 Å². The maximum absolute atomic E-state index is 12.9. The van der Waals surface area contributed by atoms with Crippen LogP contribution >= 0.6 is 0 Å². The fourth-order valence-electron chi connectivity index (χ4n) is 1.64. The van der Waals surface area contributed by atoms with Crippen molar-refractivity contribution in [2.75, 3.05) is 6.61 Å². The van der Waals surface area contributed by atoms with Crippen molar-refractivity contribution < 1.29 is 19.1 Å². The molecule has 1 heterocycles. The van der Waals surface area contributed by atoms with Crippen molar-refractivity contribution in [2.45, 2.75) is 26.4 Å². The predicted molar refractivity (Wildman–Crippen MR) is 75.8 cm³/mol. The number of nitrogens with one attached hydrogen (secondary N) is 1. The summed E-state index contributed by atoms with van der Waals surface area (Å²) in [5.74, 6) is -0.607. The molecule has 0 saturated heterocycles. The standard InChI is InChI=1S/C14H17FN4O3/c1-9-16-12(13(20)18-22-8-14(2,3)21)17-19(9)11-6-4-10(15)5-7-11/h4-7,21H,8H2,1-3H3,(H,18,20). The number of amides is 1. The molecule has 1 amide bonds. The molecule has 1 aromatic heterocycles. The van der Waals surface area contributed by atoms with Gasteiger partial charge in [0.1, 0.15) is 18.2 Å². The van der Waals surface area contributed by atoms with Crippen LogP contribution in [0, 0.1) is 12.7 Å². The summed E-state index contributed by atoms with van der Waals surface area (Å²) in [4.78, 5) is 20.8. The summed E-state index contributed by atoms with van der Waals surface area (Å²) in [6, 6.07) is 5.65. The Kier molecular flexibility index (Phi) is 4.53. The summed E-state index contributed by atoms with van der Waals surface area (Å²) in [5.41, 5.74) is 1.68. The predicted octanol–water partition coefficient (Wildman–Crippen LogP) is 1.15. The van der Waals surface area contributed by atoms with Gasteiger partial charge < -0.3 is 5.11 Å². The summed E-state index contributed by atoms with van der Waals surface area (Å²) in [5, 5.41) is 13.5. The average molecular weight is 308 g/mol. The Bertz CT molecular complexity index is 662. The van der Waals surface area contributed by atoms with Gasteiger partial charge in [0, 0.05) is 0 Å². The van der Waals surface area contributed by atoms with Crippen molar-refractivity contribution >= 4 is 5.91 Å². The van der Waals surface area contributed by atoms with E-state index >= 15 is 0 Å². The van der Waals surface area contributed by atoms with Gasteiger partial charge in [-0.2, -0.15) is 0 Å². The van der Waals surface area contributed by atoms with E-state index in [-0.39, 0.29) is 18.2 Å². The Morgan fingerprint density at radius 2 is 2.05 bits per heavy atom. The zero-order valence-electron chi connectivity index (χ0n) is 12.5. The number of aliphatic hydroxyl groups is 1. The molecule has 22 heavy (non-hydrogen) atoms. The quantitative estimate of drug-likeness (QED) is 0.809. The van der Waals surface area contributed by atoms with E-state index in [0.29, 0.717) is 11.5 Å². The lowest BCUT2D eigenvalue weighted by Gasteiger charge is -2.16. The lowest BCUT2D eigenvalue weighted by Crippen LogP contribution is -2.33. The van der Waals surface area contributed by atoms with Gasteiger partial charge in [-0.25, -0.2) is 19.5 Å². The van der Waals surface area contributed by atoms with Crippen molar-refractivity contribution in [1.82, 2.24) is 20.2 Å². The first-order valence-electron chi connectivity index (χ1n) is 6.60. The number of benzene rings is 1. The lowest BCUT2D eigenvalue weighted by atomic mass is 10.2. The molecule has 1 aromatic carbocycles. The topological polar surface area (TPSA) is 89.3 Å². The van der Waals surface area contributed by atoms with E-state index in [1.54, 1.807) is 20.8 Å². The maximum Gasteiger partial charge on any atom is 0.314 e. The highest BCUT2D eigenvalue weighted by Gasteiger charge is 2.18. The van der Waals surface area contributed by atoms with Gasteiger partial charge in [-0.05, 0) is 45.0 Å². The third kappa shape index (κ3) is 4.09. The molecule has 0 bridgehead atoms. The monoisotopic (exact) mass is 308 g/mol. The Morgan fingerprint density at radius 3 is 2.64 bits per heavy atom. The first-order valence-corrected chi connectivity index (χ1v) is 6.60. The van der Waals surface area contributed by atoms with Crippen LogP contribution in [0.4, 0.5) is 4.39 Å². The first kappa shape index (κ1) is 16.1. The first-order chi connectivity index (χ1) is 10.3. The molecule has 0 radical (unpaired) electrons. The molecule has 2 aromatic rings. The molecule has 2 rings (SSSR count). The number of hydrogen-bond acceptors (Lipinski definition) is 5. The maximum atomic E-state index is 12.9. The van der Waals surface area contributed by atoms with E-state index in [4.69, 9.17) is 4.84 Å². The number of carbonyl (C=O) groups is 1. The van der Waals surface area contributed by atoms with Gasteiger partial charge in [-0.15, -0.1) is 5.10 Å². The highest BCUT2D eigenvalue weighted by atomic mass is 19.1. The van der Waals surface area contributed by atoms with Crippen molar-refractivity contribution in [2.24, 2.45) is 0 Å². The van der Waals surface area contributed by atoms with Gasteiger partial charge in [-0.1, -0.05) is 0 Å². The summed E-state index contributed by atoms with van der Waals surface area (Å²) >= 11 is 0. The van der Waals surface area contributed by atoms with Gasteiger partial charge in [0.15, 0.2) is 0 Å². The minimum Gasteiger partial charge on any atom is -0.388 e. The summed E-state index contributed by atoms with van der Waals surface area (Å²) in [7, 11) is 0. The molecule has 0 saturated carbocycles. The molecule has 0 spiro atoms. The van der Waals surface area contributed by atoms with E-state index in [9.17, 15) is 14.3 Å². The molecule has 2 N–H and O–H groups in total. The van der Waals surface area contributed by atoms with Gasteiger partial charge in [0.2, 0.25) is 5.82 Å². The van der Waals surface area contributed by atoms with Crippen LogP contribution in [0.3, 0.4) is 0 Å². The number of hydroxylamine groups is 1. The van der Waals surface area contributed by atoms with Crippen LogP contribution in [-0.4, -0.2) is 38.0 Å². The molecule has 0 aliphatic heterocycles. The third-order valence-electron chi connectivity index (χ3n) is 2.63. The van der Waals surface area contributed by atoms with Gasteiger partial charge in [0.05, 0.1) is 11.3 Å². The number of aromatic nitrogens is 3. The Morgan fingerprint density at radius 1 is 1.41 bits per heavy atom. The fourth-order valence-corrected chi connectivity index (χ4v) is 1.64. The summed E-state index contributed by atoms with van der Waals surface area (Å²) in [6.07, 6.45) is 0. The SMILES string of the molecule is Cc1nc(C(=O)NOCC(C)(C)O)nn1-c1ccc(F)cc1. The molecule has 0 aliphatic carbocycles. The van der Waals surface area contributed by atoms with Gasteiger partial charge >= 0.3 is 5.91 Å². The highest BCUT2D eigenvalue weighted by Crippen LogP contribution is 2.10. The molecular weight excluding hydrogens is 291 g/mol. The van der Waals surface area contributed by atoms with Crippen LogP contribution in [-0.2, 0) is 4.84 Å². The Balaban J connectivity index is 2.09. The van der Waals surface area contributed by atoms with E-state index in [2.05, 4.69) is 15.6 Å². The van der Waals surface area contributed by atoms with Gasteiger partial charge in [0.25, 0.3) is 0 Å². The largest absolute Gasteiger partial charge is 0.388 e. The van der Waals surface area contributed by atoms with Crippen LogP contribution < -0.4 is 5.48 Å². The van der Waals surface area contributed by atoms with Crippen molar-refractivity contribution in [1.29, 1.82) is 0 Å². The molecular formula is C14H17FN4O3. The Hall–Kier alpha value is -2.32. The summed E-state index contributed by atoms with van der Waals surface area (Å²) < 4.78 is 14.3. The van der Waals surface area contributed by atoms with E-state index in [1.165, 1.54) is 28.9 Å². The summed E-state index contributed by atoms with van der Waals surface area (Å²) in [6.45, 7) is 4.69. The number of rotatable bonds is 5. The number of halogens is 1. The van der Waals surface area contributed by atoms with E-state index in [0.717, 1.165) is 0 Å². The molecule has 0 fully saturated rings. The number of carbonyl (C=O) groups excluding carboxylic acids is 1.